The minimum absolute atomic E-state index is 0.564. The lowest BCUT2D eigenvalue weighted by Gasteiger charge is -2.16. The van der Waals surface area contributed by atoms with Gasteiger partial charge in [-0.15, -0.1) is 0 Å². The molecule has 1 unspecified atom stereocenters. The third-order valence-electron chi connectivity index (χ3n) is 3.03. The zero-order valence-corrected chi connectivity index (χ0v) is 10.2. The fourth-order valence-electron chi connectivity index (χ4n) is 2.05. The van der Waals surface area contributed by atoms with Gasteiger partial charge in [0.25, 0.3) is 0 Å². The highest BCUT2D eigenvalue weighted by atomic mass is 14.2. The summed E-state index contributed by atoms with van der Waals surface area (Å²) >= 11 is 0. The van der Waals surface area contributed by atoms with Crippen molar-refractivity contribution < 1.29 is 0 Å². The molecule has 1 atom stereocenters. The van der Waals surface area contributed by atoms with Crippen LogP contribution in [0.15, 0.2) is 47.6 Å². The van der Waals surface area contributed by atoms with E-state index >= 15 is 0 Å². The van der Waals surface area contributed by atoms with Crippen molar-refractivity contribution in [2.24, 2.45) is 5.92 Å². The Balaban J connectivity index is 2.78. The highest BCUT2D eigenvalue weighted by Crippen LogP contribution is 2.26. The van der Waals surface area contributed by atoms with Crippen LogP contribution in [0, 0.1) is 5.92 Å². The first-order valence-corrected chi connectivity index (χ1v) is 5.94. The van der Waals surface area contributed by atoms with Crippen LogP contribution in [0.5, 0.6) is 0 Å². The van der Waals surface area contributed by atoms with Gasteiger partial charge in [0.05, 0.1) is 0 Å². The van der Waals surface area contributed by atoms with Crippen molar-refractivity contribution in [3.05, 3.63) is 47.6 Å². The lowest BCUT2D eigenvalue weighted by molar-refractivity contribution is 0.722. The summed E-state index contributed by atoms with van der Waals surface area (Å²) in [5.41, 5.74) is 2.99. The molecule has 82 valence electrons. The van der Waals surface area contributed by atoms with Crippen LogP contribution in [0.4, 0.5) is 0 Å². The van der Waals surface area contributed by atoms with E-state index in [0.29, 0.717) is 5.92 Å². The molecule has 0 aromatic rings. The molecule has 0 bridgehead atoms. The van der Waals surface area contributed by atoms with Crippen LogP contribution in [0.2, 0.25) is 0 Å². The van der Waals surface area contributed by atoms with Gasteiger partial charge in [0.15, 0.2) is 0 Å². The zero-order chi connectivity index (χ0) is 11.1. The summed E-state index contributed by atoms with van der Waals surface area (Å²) in [6.45, 7) is 6.51. The maximum atomic E-state index is 2.31. The largest absolute Gasteiger partial charge is 0.0874 e. The summed E-state index contributed by atoms with van der Waals surface area (Å²) in [4.78, 5) is 0. The van der Waals surface area contributed by atoms with Gasteiger partial charge in [-0.2, -0.15) is 0 Å². The molecule has 1 aliphatic carbocycles. The standard InChI is InChI=1S/C15H22/c1-4-10-14(5-2)13(3)15-11-8-6-7-9-12-15/h4-6,8,10-11,13H,7,9,12H2,1-3H3/b10-4-,14-5+. The van der Waals surface area contributed by atoms with E-state index in [0.717, 1.165) is 0 Å². The van der Waals surface area contributed by atoms with Crippen molar-refractivity contribution >= 4 is 0 Å². The minimum atomic E-state index is 0.564. The van der Waals surface area contributed by atoms with Crippen LogP contribution in [0.3, 0.4) is 0 Å². The second-order valence-electron chi connectivity index (χ2n) is 4.07. The third kappa shape index (κ3) is 3.54. The molecule has 0 saturated carbocycles. The van der Waals surface area contributed by atoms with E-state index in [1.807, 2.05) is 0 Å². The first kappa shape index (κ1) is 12.0. The Morgan fingerprint density at radius 1 is 1.40 bits per heavy atom. The summed E-state index contributed by atoms with van der Waals surface area (Å²) in [5, 5.41) is 0. The topological polar surface area (TPSA) is 0 Å². The molecule has 0 spiro atoms. The molecule has 0 N–H and O–H groups in total. The second-order valence-corrected chi connectivity index (χ2v) is 4.07. The fourth-order valence-corrected chi connectivity index (χ4v) is 2.05. The van der Waals surface area contributed by atoms with Crippen molar-refractivity contribution in [2.75, 3.05) is 0 Å². The molecule has 0 heterocycles. The van der Waals surface area contributed by atoms with E-state index in [-0.39, 0.29) is 0 Å². The molecule has 0 aromatic carbocycles. The Bertz CT molecular complexity index is 300. The van der Waals surface area contributed by atoms with Crippen LogP contribution in [0.25, 0.3) is 0 Å². The molecule has 1 rings (SSSR count). The van der Waals surface area contributed by atoms with Gasteiger partial charge in [-0.25, -0.2) is 0 Å². The van der Waals surface area contributed by atoms with Gasteiger partial charge < -0.3 is 0 Å². The maximum absolute atomic E-state index is 2.31. The van der Waals surface area contributed by atoms with E-state index in [2.05, 4.69) is 57.2 Å². The van der Waals surface area contributed by atoms with Crippen LogP contribution >= 0.6 is 0 Å². The number of hydrogen-bond acceptors (Lipinski definition) is 0. The fraction of sp³-hybridized carbons (Fsp3) is 0.467. The Morgan fingerprint density at radius 3 is 2.87 bits per heavy atom. The number of rotatable bonds is 3. The summed E-state index contributed by atoms with van der Waals surface area (Å²) in [6, 6.07) is 0. The summed E-state index contributed by atoms with van der Waals surface area (Å²) < 4.78 is 0. The van der Waals surface area contributed by atoms with Crippen LogP contribution in [-0.2, 0) is 0 Å². The van der Waals surface area contributed by atoms with Crippen molar-refractivity contribution in [3.63, 3.8) is 0 Å². The van der Waals surface area contributed by atoms with Crippen molar-refractivity contribution in [2.45, 2.75) is 40.0 Å². The van der Waals surface area contributed by atoms with Crippen LogP contribution in [-0.4, -0.2) is 0 Å². The van der Waals surface area contributed by atoms with Crippen molar-refractivity contribution in [1.29, 1.82) is 0 Å². The summed E-state index contributed by atoms with van der Waals surface area (Å²) in [7, 11) is 0. The SMILES string of the molecule is C/C=C\C(=C/C)C(C)C1=CC=CCCC1. The predicted molar refractivity (Wildman–Crippen MR) is 68.8 cm³/mol. The van der Waals surface area contributed by atoms with Gasteiger partial charge in [0, 0.05) is 5.92 Å². The summed E-state index contributed by atoms with van der Waals surface area (Å²) in [6.07, 6.45) is 17.1. The van der Waals surface area contributed by atoms with E-state index in [9.17, 15) is 0 Å². The molecule has 0 aliphatic heterocycles. The molecule has 0 amide bonds. The van der Waals surface area contributed by atoms with Gasteiger partial charge in [-0.1, -0.05) is 49.0 Å². The summed E-state index contributed by atoms with van der Waals surface area (Å²) in [5.74, 6) is 0.564. The molecule has 0 fully saturated rings. The predicted octanol–water partition coefficient (Wildman–Crippen LogP) is 4.81. The molecule has 0 radical (unpaired) electrons. The average molecular weight is 202 g/mol. The van der Waals surface area contributed by atoms with Gasteiger partial charge >= 0.3 is 0 Å². The van der Waals surface area contributed by atoms with Gasteiger partial charge in [-0.3, -0.25) is 0 Å². The lowest BCUT2D eigenvalue weighted by Crippen LogP contribution is -2.01. The van der Waals surface area contributed by atoms with Gasteiger partial charge in [0.1, 0.15) is 0 Å². The minimum Gasteiger partial charge on any atom is -0.0874 e. The Labute approximate surface area is 94.1 Å². The molecular formula is C15H22. The average Bonchev–Trinajstić information content (AvgIpc) is 2.53. The molecule has 0 saturated heterocycles. The molecule has 0 nitrogen and oxygen atoms in total. The highest BCUT2D eigenvalue weighted by Gasteiger charge is 2.11. The zero-order valence-electron chi connectivity index (χ0n) is 10.2. The Hall–Kier alpha value is -1.04. The van der Waals surface area contributed by atoms with E-state index in [1.165, 1.54) is 24.8 Å². The molecular weight excluding hydrogens is 180 g/mol. The Morgan fingerprint density at radius 2 is 2.20 bits per heavy atom. The van der Waals surface area contributed by atoms with Gasteiger partial charge in [0.2, 0.25) is 0 Å². The normalized spacial score (nSPS) is 20.2. The van der Waals surface area contributed by atoms with Crippen molar-refractivity contribution in [1.82, 2.24) is 0 Å². The molecule has 15 heavy (non-hydrogen) atoms. The van der Waals surface area contributed by atoms with Crippen LogP contribution in [0.1, 0.15) is 40.0 Å². The van der Waals surface area contributed by atoms with Gasteiger partial charge in [-0.05, 0) is 38.7 Å². The number of hydrogen-bond donors (Lipinski definition) is 0. The molecule has 0 aromatic heterocycles. The van der Waals surface area contributed by atoms with Crippen LogP contribution < -0.4 is 0 Å². The quantitative estimate of drug-likeness (QED) is 0.576. The first-order valence-electron chi connectivity index (χ1n) is 5.94. The highest BCUT2D eigenvalue weighted by molar-refractivity contribution is 5.31. The van der Waals surface area contributed by atoms with E-state index in [1.54, 1.807) is 5.57 Å². The maximum Gasteiger partial charge on any atom is 0.00195 e. The lowest BCUT2D eigenvalue weighted by atomic mass is 9.89. The smallest absolute Gasteiger partial charge is 0.00195 e. The van der Waals surface area contributed by atoms with Crippen molar-refractivity contribution in [3.8, 4) is 0 Å². The monoisotopic (exact) mass is 202 g/mol. The van der Waals surface area contributed by atoms with E-state index in [4.69, 9.17) is 0 Å². The molecule has 1 aliphatic rings. The first-order chi connectivity index (χ1) is 7.29. The molecule has 0 heteroatoms. The second kappa shape index (κ2) is 6.44. The number of allylic oxidation sites excluding steroid dienone is 8. The Kier molecular flexibility index (Phi) is 5.17. The van der Waals surface area contributed by atoms with E-state index < -0.39 is 0 Å². The third-order valence-corrected chi connectivity index (χ3v) is 3.03.